The van der Waals surface area contributed by atoms with Gasteiger partial charge in [0.2, 0.25) is 0 Å². The van der Waals surface area contributed by atoms with Gasteiger partial charge in [0.15, 0.2) is 5.15 Å². The summed E-state index contributed by atoms with van der Waals surface area (Å²) in [4.78, 5) is 7.71. The van der Waals surface area contributed by atoms with Crippen molar-refractivity contribution >= 4 is 11.6 Å². The van der Waals surface area contributed by atoms with E-state index in [1.807, 2.05) is 0 Å². The molecule has 1 saturated carbocycles. The monoisotopic (exact) mass is 299 g/mol. The number of unbranched alkanes of at least 4 members (excludes halogenated alkanes) is 1. The molecule has 2 rings (SSSR count). The summed E-state index contributed by atoms with van der Waals surface area (Å²) in [6, 6.07) is 0. The molecule has 1 fully saturated rings. The smallest absolute Gasteiger partial charge is 0.151 e. The number of H-pyrrole nitrogens is 1. The predicted octanol–water partition coefficient (Wildman–Crippen LogP) is 3.31. The van der Waals surface area contributed by atoms with Gasteiger partial charge in [-0.1, -0.05) is 24.9 Å². The highest BCUT2D eigenvalue weighted by atomic mass is 35.5. The van der Waals surface area contributed by atoms with Gasteiger partial charge < -0.3 is 15.0 Å². The van der Waals surface area contributed by atoms with E-state index >= 15 is 0 Å². The van der Waals surface area contributed by atoms with Crippen LogP contribution in [0.25, 0.3) is 0 Å². The van der Waals surface area contributed by atoms with Gasteiger partial charge in [0.25, 0.3) is 0 Å². The van der Waals surface area contributed by atoms with Gasteiger partial charge in [-0.05, 0) is 31.1 Å². The molecule has 0 aromatic carbocycles. The normalized spacial score (nSPS) is 16.6. The number of aromatic amines is 1. The summed E-state index contributed by atoms with van der Waals surface area (Å²) in [5.74, 6) is 1.01. The number of ether oxygens (including phenoxy) is 1. The predicted molar refractivity (Wildman–Crippen MR) is 82.1 cm³/mol. The summed E-state index contributed by atoms with van der Waals surface area (Å²) in [6.07, 6.45) is 7.07. The maximum atomic E-state index is 6.17. The second kappa shape index (κ2) is 7.43. The van der Waals surface area contributed by atoms with E-state index in [0.717, 1.165) is 50.5 Å². The molecule has 1 heterocycles. The number of methoxy groups -OCH3 is 1. The molecule has 0 radical (unpaired) electrons. The number of halogens is 1. The highest BCUT2D eigenvalue weighted by Crippen LogP contribution is 2.48. The highest BCUT2D eigenvalue weighted by molar-refractivity contribution is 6.30. The van der Waals surface area contributed by atoms with E-state index in [2.05, 4.69) is 22.2 Å². The van der Waals surface area contributed by atoms with Crippen LogP contribution in [-0.4, -0.2) is 30.2 Å². The molecule has 1 aromatic rings. The largest absolute Gasteiger partial charge is 0.385 e. The number of hydrogen-bond acceptors (Lipinski definition) is 3. The van der Waals surface area contributed by atoms with Crippen LogP contribution >= 0.6 is 11.6 Å². The number of aromatic nitrogens is 2. The molecule has 5 heteroatoms. The van der Waals surface area contributed by atoms with E-state index in [1.54, 1.807) is 7.11 Å². The topological polar surface area (TPSA) is 49.9 Å². The molecule has 1 aromatic heterocycles. The van der Waals surface area contributed by atoms with Crippen LogP contribution in [-0.2, 0) is 17.7 Å². The van der Waals surface area contributed by atoms with Crippen molar-refractivity contribution in [1.29, 1.82) is 0 Å². The van der Waals surface area contributed by atoms with Crippen molar-refractivity contribution in [2.45, 2.75) is 52.0 Å². The second-order valence-electron chi connectivity index (χ2n) is 5.90. The summed E-state index contributed by atoms with van der Waals surface area (Å²) >= 11 is 6.17. The minimum absolute atomic E-state index is 0.466. The molecule has 0 unspecified atom stereocenters. The summed E-state index contributed by atoms with van der Waals surface area (Å²) in [6.45, 7) is 4.85. The van der Waals surface area contributed by atoms with E-state index in [-0.39, 0.29) is 0 Å². The summed E-state index contributed by atoms with van der Waals surface area (Å²) < 4.78 is 5.18. The van der Waals surface area contributed by atoms with Gasteiger partial charge in [-0.25, -0.2) is 4.98 Å². The first kappa shape index (κ1) is 15.8. The fourth-order valence-corrected chi connectivity index (χ4v) is 2.70. The molecule has 114 valence electrons. The summed E-state index contributed by atoms with van der Waals surface area (Å²) in [5.41, 5.74) is 1.48. The van der Waals surface area contributed by atoms with Crippen LogP contribution in [0.5, 0.6) is 0 Å². The molecular formula is C15H26ClN3O. The molecule has 20 heavy (non-hydrogen) atoms. The van der Waals surface area contributed by atoms with Crippen LogP contribution in [0, 0.1) is 5.41 Å². The molecule has 0 aliphatic heterocycles. The minimum atomic E-state index is 0.466. The Kier molecular flexibility index (Phi) is 5.87. The van der Waals surface area contributed by atoms with Crippen molar-refractivity contribution in [3.8, 4) is 0 Å². The van der Waals surface area contributed by atoms with Crippen molar-refractivity contribution < 1.29 is 4.74 Å². The SMILES string of the molecule is CCCCc1nc(Cl)c(CNCC2(CCOC)CC2)[nH]1. The third-order valence-corrected chi connectivity index (χ3v) is 4.45. The van der Waals surface area contributed by atoms with Crippen molar-refractivity contribution in [1.82, 2.24) is 15.3 Å². The van der Waals surface area contributed by atoms with Gasteiger partial charge in [0.05, 0.1) is 5.69 Å². The molecule has 1 aliphatic carbocycles. The minimum Gasteiger partial charge on any atom is -0.385 e. The first-order chi connectivity index (χ1) is 9.69. The maximum Gasteiger partial charge on any atom is 0.151 e. The standard InChI is InChI=1S/C15H26ClN3O/c1-3-4-5-13-18-12(14(16)19-13)10-17-11-15(6-7-15)8-9-20-2/h17H,3-11H2,1-2H3,(H,18,19). The van der Waals surface area contributed by atoms with Crippen LogP contribution < -0.4 is 5.32 Å². The second-order valence-corrected chi connectivity index (χ2v) is 6.26. The Hall–Kier alpha value is -0.580. The molecule has 0 bridgehead atoms. The third kappa shape index (κ3) is 4.47. The fourth-order valence-electron chi connectivity index (χ4n) is 2.48. The molecule has 0 saturated heterocycles. The van der Waals surface area contributed by atoms with Crippen LogP contribution in [0.1, 0.15) is 50.5 Å². The number of nitrogens with zero attached hydrogens (tertiary/aromatic N) is 1. The van der Waals surface area contributed by atoms with Crippen LogP contribution in [0.3, 0.4) is 0 Å². The number of imidazole rings is 1. The maximum absolute atomic E-state index is 6.17. The van der Waals surface area contributed by atoms with E-state index in [1.165, 1.54) is 19.3 Å². The average molecular weight is 300 g/mol. The highest BCUT2D eigenvalue weighted by Gasteiger charge is 2.41. The van der Waals surface area contributed by atoms with Crippen molar-refractivity contribution in [2.75, 3.05) is 20.3 Å². The van der Waals surface area contributed by atoms with Crippen LogP contribution in [0.15, 0.2) is 0 Å². The Morgan fingerprint density at radius 2 is 2.25 bits per heavy atom. The summed E-state index contributed by atoms with van der Waals surface area (Å²) in [7, 11) is 1.77. The Bertz CT molecular complexity index is 415. The van der Waals surface area contributed by atoms with E-state index < -0.39 is 0 Å². The molecule has 4 nitrogen and oxygen atoms in total. The van der Waals surface area contributed by atoms with E-state index in [0.29, 0.717) is 10.6 Å². The van der Waals surface area contributed by atoms with Gasteiger partial charge in [-0.3, -0.25) is 0 Å². The summed E-state index contributed by atoms with van der Waals surface area (Å²) in [5, 5.41) is 4.13. The first-order valence-corrected chi connectivity index (χ1v) is 8.00. The number of rotatable bonds is 10. The zero-order chi connectivity index (χ0) is 14.4. The lowest BCUT2D eigenvalue weighted by molar-refractivity contribution is 0.171. The van der Waals surface area contributed by atoms with E-state index in [9.17, 15) is 0 Å². The van der Waals surface area contributed by atoms with Crippen molar-refractivity contribution in [2.24, 2.45) is 5.41 Å². The Morgan fingerprint density at radius 1 is 1.45 bits per heavy atom. The molecule has 2 N–H and O–H groups in total. The van der Waals surface area contributed by atoms with Crippen molar-refractivity contribution in [3.63, 3.8) is 0 Å². The average Bonchev–Trinajstić information content (AvgIpc) is 3.12. The lowest BCUT2D eigenvalue weighted by atomic mass is 10.0. The van der Waals surface area contributed by atoms with Gasteiger partial charge in [0.1, 0.15) is 5.82 Å². The Labute approximate surface area is 126 Å². The van der Waals surface area contributed by atoms with Gasteiger partial charge in [-0.15, -0.1) is 0 Å². The lowest BCUT2D eigenvalue weighted by Gasteiger charge is -2.15. The molecule has 1 aliphatic rings. The van der Waals surface area contributed by atoms with Crippen molar-refractivity contribution in [3.05, 3.63) is 16.7 Å². The Balaban J connectivity index is 1.75. The fraction of sp³-hybridized carbons (Fsp3) is 0.800. The zero-order valence-corrected chi connectivity index (χ0v) is 13.4. The van der Waals surface area contributed by atoms with Gasteiger partial charge in [-0.2, -0.15) is 0 Å². The van der Waals surface area contributed by atoms with Crippen LogP contribution in [0.4, 0.5) is 0 Å². The first-order valence-electron chi connectivity index (χ1n) is 7.62. The molecule has 0 amide bonds. The van der Waals surface area contributed by atoms with Crippen LogP contribution in [0.2, 0.25) is 5.15 Å². The number of nitrogens with one attached hydrogen (secondary N) is 2. The molecule has 0 atom stereocenters. The number of hydrogen-bond donors (Lipinski definition) is 2. The zero-order valence-electron chi connectivity index (χ0n) is 12.6. The lowest BCUT2D eigenvalue weighted by Crippen LogP contribution is -2.24. The Morgan fingerprint density at radius 3 is 2.90 bits per heavy atom. The van der Waals surface area contributed by atoms with Gasteiger partial charge in [0, 0.05) is 33.2 Å². The number of aryl methyl sites for hydroxylation is 1. The third-order valence-electron chi connectivity index (χ3n) is 4.14. The van der Waals surface area contributed by atoms with Gasteiger partial charge >= 0.3 is 0 Å². The van der Waals surface area contributed by atoms with E-state index in [4.69, 9.17) is 16.3 Å². The molecule has 0 spiro atoms. The quantitative estimate of drug-likeness (QED) is 0.697. The molecular weight excluding hydrogens is 274 g/mol.